The van der Waals surface area contributed by atoms with E-state index in [1.54, 1.807) is 0 Å². The molecule has 0 saturated heterocycles. The Hall–Kier alpha value is -0.370. The van der Waals surface area contributed by atoms with E-state index in [1.807, 2.05) is 11.9 Å². The Labute approximate surface area is 85.7 Å². The molecule has 1 aromatic rings. The van der Waals surface area contributed by atoms with Crippen LogP contribution in [-0.4, -0.2) is 9.73 Å². The standard InChI is InChI=1S/C11H19NS/c1-5-11(3,4)10-7-8-12(9-10)13-6-2/h7-9H,5-6H2,1-4H3. The highest BCUT2D eigenvalue weighted by atomic mass is 32.2. The maximum atomic E-state index is 2.29. The van der Waals surface area contributed by atoms with Crippen LogP contribution in [0.5, 0.6) is 0 Å². The summed E-state index contributed by atoms with van der Waals surface area (Å²) >= 11 is 1.84. The van der Waals surface area contributed by atoms with Gasteiger partial charge in [-0.1, -0.05) is 27.7 Å². The summed E-state index contributed by atoms with van der Waals surface area (Å²) in [5.41, 5.74) is 1.76. The number of rotatable bonds is 4. The highest BCUT2D eigenvalue weighted by Crippen LogP contribution is 2.27. The normalized spacial score (nSPS) is 12.0. The van der Waals surface area contributed by atoms with Crippen molar-refractivity contribution >= 4 is 11.9 Å². The van der Waals surface area contributed by atoms with E-state index < -0.39 is 0 Å². The van der Waals surface area contributed by atoms with Crippen LogP contribution in [0.3, 0.4) is 0 Å². The monoisotopic (exact) mass is 197 g/mol. The van der Waals surface area contributed by atoms with E-state index in [9.17, 15) is 0 Å². The Balaban J connectivity index is 2.79. The molecule has 13 heavy (non-hydrogen) atoms. The first-order chi connectivity index (χ1) is 6.10. The molecule has 0 aliphatic heterocycles. The predicted molar refractivity (Wildman–Crippen MR) is 61.3 cm³/mol. The van der Waals surface area contributed by atoms with E-state index >= 15 is 0 Å². The zero-order chi connectivity index (χ0) is 9.90. The molecule has 1 nitrogen and oxygen atoms in total. The topological polar surface area (TPSA) is 4.93 Å². The van der Waals surface area contributed by atoms with Gasteiger partial charge in [-0.3, -0.25) is 3.97 Å². The van der Waals surface area contributed by atoms with Gasteiger partial charge in [-0.2, -0.15) is 0 Å². The van der Waals surface area contributed by atoms with Crippen molar-refractivity contribution in [2.75, 3.05) is 5.75 Å². The van der Waals surface area contributed by atoms with E-state index in [4.69, 9.17) is 0 Å². The second-order valence-corrected chi connectivity index (χ2v) is 5.17. The van der Waals surface area contributed by atoms with Crippen molar-refractivity contribution in [3.63, 3.8) is 0 Å². The van der Waals surface area contributed by atoms with E-state index in [2.05, 4.69) is 50.1 Å². The third kappa shape index (κ3) is 2.53. The molecule has 1 aromatic heterocycles. The van der Waals surface area contributed by atoms with Gasteiger partial charge in [0.05, 0.1) is 0 Å². The van der Waals surface area contributed by atoms with Gasteiger partial charge in [0.1, 0.15) is 0 Å². The van der Waals surface area contributed by atoms with Crippen LogP contribution in [0.25, 0.3) is 0 Å². The first-order valence-electron chi connectivity index (χ1n) is 4.92. The van der Waals surface area contributed by atoms with Gasteiger partial charge in [0.15, 0.2) is 0 Å². The third-order valence-corrected chi connectivity index (χ3v) is 3.39. The van der Waals surface area contributed by atoms with Crippen LogP contribution in [0.4, 0.5) is 0 Å². The van der Waals surface area contributed by atoms with Gasteiger partial charge in [-0.05, 0) is 35.4 Å². The second kappa shape index (κ2) is 4.23. The minimum Gasteiger partial charge on any atom is -0.299 e. The van der Waals surface area contributed by atoms with Crippen molar-refractivity contribution in [1.29, 1.82) is 0 Å². The molecule has 0 spiro atoms. The molecular formula is C11H19NS. The average Bonchev–Trinajstić information content (AvgIpc) is 2.54. The molecule has 0 N–H and O–H groups in total. The quantitative estimate of drug-likeness (QED) is 0.712. The van der Waals surface area contributed by atoms with Crippen LogP contribution in [-0.2, 0) is 5.41 Å². The maximum absolute atomic E-state index is 2.29. The van der Waals surface area contributed by atoms with Crippen molar-refractivity contribution in [3.8, 4) is 0 Å². The fraction of sp³-hybridized carbons (Fsp3) is 0.636. The van der Waals surface area contributed by atoms with Gasteiger partial charge in [-0.25, -0.2) is 0 Å². The molecule has 0 amide bonds. The molecule has 0 unspecified atom stereocenters. The summed E-state index contributed by atoms with van der Waals surface area (Å²) in [5.74, 6) is 1.13. The van der Waals surface area contributed by atoms with Gasteiger partial charge in [-0.15, -0.1) is 0 Å². The molecule has 1 heterocycles. The van der Waals surface area contributed by atoms with Crippen molar-refractivity contribution in [3.05, 3.63) is 24.0 Å². The summed E-state index contributed by atoms with van der Waals surface area (Å²) < 4.78 is 2.20. The van der Waals surface area contributed by atoms with Crippen LogP contribution in [0, 0.1) is 0 Å². The van der Waals surface area contributed by atoms with Crippen LogP contribution in [0.15, 0.2) is 18.5 Å². The van der Waals surface area contributed by atoms with Gasteiger partial charge >= 0.3 is 0 Å². The van der Waals surface area contributed by atoms with Crippen molar-refractivity contribution in [2.24, 2.45) is 0 Å². The molecule has 0 saturated carbocycles. The Morgan fingerprint density at radius 3 is 2.62 bits per heavy atom. The lowest BCUT2D eigenvalue weighted by atomic mass is 9.84. The molecule has 0 bridgehead atoms. The first-order valence-corrected chi connectivity index (χ1v) is 5.86. The van der Waals surface area contributed by atoms with E-state index in [-0.39, 0.29) is 0 Å². The summed E-state index contributed by atoms with van der Waals surface area (Å²) in [6, 6.07) is 2.23. The zero-order valence-electron chi connectivity index (χ0n) is 9.00. The van der Waals surface area contributed by atoms with Crippen LogP contribution in [0.1, 0.15) is 39.7 Å². The molecule has 0 atom stereocenters. The maximum Gasteiger partial charge on any atom is 0.0194 e. The smallest absolute Gasteiger partial charge is 0.0194 e. The summed E-state index contributed by atoms with van der Waals surface area (Å²) in [7, 11) is 0. The number of hydrogen-bond acceptors (Lipinski definition) is 1. The summed E-state index contributed by atoms with van der Waals surface area (Å²) in [4.78, 5) is 0. The molecule has 74 valence electrons. The Bertz CT molecular complexity index is 263. The minimum absolute atomic E-state index is 0.319. The fourth-order valence-electron chi connectivity index (χ4n) is 1.21. The molecule has 0 aliphatic rings. The van der Waals surface area contributed by atoms with Gasteiger partial charge in [0.2, 0.25) is 0 Å². The molecular weight excluding hydrogens is 178 g/mol. The minimum atomic E-state index is 0.319. The average molecular weight is 197 g/mol. The van der Waals surface area contributed by atoms with Crippen molar-refractivity contribution in [2.45, 2.75) is 39.5 Å². The zero-order valence-corrected chi connectivity index (χ0v) is 9.82. The van der Waals surface area contributed by atoms with Crippen LogP contribution < -0.4 is 0 Å². The van der Waals surface area contributed by atoms with E-state index in [0.717, 1.165) is 5.75 Å². The Morgan fingerprint density at radius 2 is 2.08 bits per heavy atom. The molecule has 0 aromatic carbocycles. The SMILES string of the molecule is CCSn1ccc(C(C)(C)CC)c1. The van der Waals surface area contributed by atoms with Crippen LogP contribution >= 0.6 is 11.9 Å². The lowest BCUT2D eigenvalue weighted by Gasteiger charge is -2.20. The predicted octanol–water partition coefficient (Wildman–Crippen LogP) is 3.69. The largest absolute Gasteiger partial charge is 0.299 e. The number of nitrogens with zero attached hydrogens (tertiary/aromatic N) is 1. The molecule has 0 aliphatic carbocycles. The lowest BCUT2D eigenvalue weighted by Crippen LogP contribution is -2.14. The van der Waals surface area contributed by atoms with Gasteiger partial charge in [0.25, 0.3) is 0 Å². The first kappa shape index (κ1) is 10.7. The van der Waals surface area contributed by atoms with E-state index in [1.165, 1.54) is 12.0 Å². The highest BCUT2D eigenvalue weighted by molar-refractivity contribution is 7.97. The van der Waals surface area contributed by atoms with E-state index in [0.29, 0.717) is 5.41 Å². The third-order valence-electron chi connectivity index (χ3n) is 2.61. The van der Waals surface area contributed by atoms with Gasteiger partial charge in [0, 0.05) is 18.1 Å². The second-order valence-electron chi connectivity index (χ2n) is 3.92. The molecule has 0 radical (unpaired) electrons. The molecule has 1 rings (SSSR count). The Morgan fingerprint density at radius 1 is 1.38 bits per heavy atom. The number of hydrogen-bond donors (Lipinski definition) is 0. The fourth-order valence-corrected chi connectivity index (χ4v) is 1.84. The summed E-state index contributed by atoms with van der Waals surface area (Å²) in [5, 5.41) is 0. The van der Waals surface area contributed by atoms with Crippen molar-refractivity contribution < 1.29 is 0 Å². The summed E-state index contributed by atoms with van der Waals surface area (Å²) in [6.45, 7) is 9.01. The lowest BCUT2D eigenvalue weighted by molar-refractivity contribution is 0.507. The Kier molecular flexibility index (Phi) is 3.48. The number of aromatic nitrogens is 1. The summed E-state index contributed by atoms with van der Waals surface area (Å²) in [6.07, 6.45) is 5.59. The van der Waals surface area contributed by atoms with Crippen LogP contribution in [0.2, 0.25) is 0 Å². The molecule has 2 heteroatoms. The van der Waals surface area contributed by atoms with Crippen molar-refractivity contribution in [1.82, 2.24) is 3.97 Å². The molecule has 0 fully saturated rings. The van der Waals surface area contributed by atoms with Gasteiger partial charge < -0.3 is 0 Å². The highest BCUT2D eigenvalue weighted by Gasteiger charge is 2.18.